The quantitative estimate of drug-likeness (QED) is 0.781. The lowest BCUT2D eigenvalue weighted by Gasteiger charge is -2.18. The number of carbonyl (C=O) groups is 1. The van der Waals surface area contributed by atoms with Crippen molar-refractivity contribution in [3.05, 3.63) is 58.1 Å². The highest BCUT2D eigenvalue weighted by Crippen LogP contribution is 2.23. The van der Waals surface area contributed by atoms with Crippen LogP contribution in [-0.4, -0.2) is 27.6 Å². The van der Waals surface area contributed by atoms with Crippen molar-refractivity contribution in [1.29, 1.82) is 0 Å². The molecule has 0 radical (unpaired) electrons. The second-order valence-corrected chi connectivity index (χ2v) is 8.31. The number of amides is 1. The van der Waals surface area contributed by atoms with Gasteiger partial charge >= 0.3 is 0 Å². The molecule has 7 heteroatoms. The third-order valence-corrected chi connectivity index (χ3v) is 5.37. The number of nitrogens with zero attached hydrogens (tertiary/aromatic N) is 1. The molecule has 0 aliphatic heterocycles. The summed E-state index contributed by atoms with van der Waals surface area (Å²) in [6.45, 7) is 0. The largest absolute Gasteiger partial charge is 0.315 e. The number of benzene rings is 2. The van der Waals surface area contributed by atoms with E-state index in [0.29, 0.717) is 22.2 Å². The average Bonchev–Trinajstić information content (AvgIpc) is 2.52. The fourth-order valence-electron chi connectivity index (χ4n) is 2.19. The Morgan fingerprint density at radius 1 is 1.08 bits per heavy atom. The van der Waals surface area contributed by atoms with Crippen LogP contribution in [0.15, 0.2) is 47.4 Å². The Morgan fingerprint density at radius 3 is 2.25 bits per heavy atom. The van der Waals surface area contributed by atoms with E-state index < -0.39 is 9.84 Å². The van der Waals surface area contributed by atoms with Gasteiger partial charge in [-0.1, -0.05) is 29.3 Å². The minimum atomic E-state index is -3.25. The third kappa shape index (κ3) is 4.72. The second kappa shape index (κ2) is 7.55. The summed E-state index contributed by atoms with van der Waals surface area (Å²) in [5.41, 5.74) is 1.49. The van der Waals surface area contributed by atoms with Crippen molar-refractivity contribution in [3.63, 3.8) is 0 Å². The lowest BCUT2D eigenvalue weighted by Crippen LogP contribution is -2.26. The van der Waals surface area contributed by atoms with Gasteiger partial charge in [0.25, 0.3) is 0 Å². The monoisotopic (exact) mass is 385 g/mol. The molecule has 0 aliphatic rings. The normalized spacial score (nSPS) is 11.3. The molecular weight excluding hydrogens is 369 g/mol. The highest BCUT2D eigenvalue weighted by atomic mass is 35.5. The summed E-state index contributed by atoms with van der Waals surface area (Å²) in [5, 5.41) is 1.09. The molecule has 0 fully saturated rings. The van der Waals surface area contributed by atoms with Crippen molar-refractivity contribution in [2.75, 3.05) is 18.2 Å². The summed E-state index contributed by atoms with van der Waals surface area (Å²) in [6.07, 6.45) is 1.93. The maximum atomic E-state index is 12.3. The SMILES string of the molecule is CN(C(=O)CCc1ccc(Cl)cc1Cl)c1ccc(S(C)(=O)=O)cc1. The zero-order chi connectivity index (χ0) is 17.9. The maximum Gasteiger partial charge on any atom is 0.227 e. The van der Waals surface area contributed by atoms with Gasteiger partial charge in [0.15, 0.2) is 9.84 Å². The molecule has 0 atom stereocenters. The Bertz CT molecular complexity index is 849. The Labute approximate surface area is 151 Å². The van der Waals surface area contributed by atoms with Crippen molar-refractivity contribution in [3.8, 4) is 0 Å². The lowest BCUT2D eigenvalue weighted by molar-refractivity contribution is -0.118. The van der Waals surface area contributed by atoms with Crippen LogP contribution in [0.25, 0.3) is 0 Å². The number of aryl methyl sites for hydroxylation is 1. The van der Waals surface area contributed by atoms with Crippen LogP contribution in [0, 0.1) is 0 Å². The van der Waals surface area contributed by atoms with Crippen LogP contribution in [0.5, 0.6) is 0 Å². The van der Waals surface area contributed by atoms with E-state index in [0.717, 1.165) is 11.8 Å². The van der Waals surface area contributed by atoms with Crippen molar-refractivity contribution >= 4 is 44.6 Å². The van der Waals surface area contributed by atoms with E-state index in [2.05, 4.69) is 0 Å². The minimum absolute atomic E-state index is 0.0897. The standard InChI is InChI=1S/C17H17Cl2NO3S/c1-20(14-6-8-15(9-7-14)24(2,22)23)17(21)10-4-12-3-5-13(18)11-16(12)19/h3,5-9,11H,4,10H2,1-2H3. The Hall–Kier alpha value is -1.56. The van der Waals surface area contributed by atoms with Crippen LogP contribution in [0.3, 0.4) is 0 Å². The Morgan fingerprint density at radius 2 is 1.71 bits per heavy atom. The molecule has 1 amide bonds. The zero-order valence-electron chi connectivity index (χ0n) is 13.3. The van der Waals surface area contributed by atoms with Gasteiger partial charge in [-0.15, -0.1) is 0 Å². The summed E-state index contributed by atoms with van der Waals surface area (Å²) in [6, 6.07) is 11.4. The number of hydrogen-bond donors (Lipinski definition) is 0. The Kier molecular flexibility index (Phi) is 5.91. The van der Waals surface area contributed by atoms with E-state index in [-0.39, 0.29) is 17.2 Å². The second-order valence-electron chi connectivity index (χ2n) is 5.45. The van der Waals surface area contributed by atoms with E-state index in [9.17, 15) is 13.2 Å². The van der Waals surface area contributed by atoms with E-state index in [4.69, 9.17) is 23.2 Å². The van der Waals surface area contributed by atoms with Gasteiger partial charge in [-0.2, -0.15) is 0 Å². The molecule has 0 N–H and O–H groups in total. The predicted octanol–water partition coefficient (Wildman–Crippen LogP) is 3.99. The van der Waals surface area contributed by atoms with Gasteiger partial charge < -0.3 is 4.90 Å². The van der Waals surface area contributed by atoms with Gasteiger partial charge in [-0.25, -0.2) is 8.42 Å². The van der Waals surface area contributed by atoms with E-state index in [1.807, 2.05) is 0 Å². The molecule has 0 heterocycles. The summed E-state index contributed by atoms with van der Waals surface area (Å²) >= 11 is 12.0. The van der Waals surface area contributed by atoms with Crippen molar-refractivity contribution in [1.82, 2.24) is 0 Å². The molecule has 0 aliphatic carbocycles. The molecule has 4 nitrogen and oxygen atoms in total. The van der Waals surface area contributed by atoms with Gasteiger partial charge in [0, 0.05) is 35.5 Å². The van der Waals surface area contributed by atoms with Crippen LogP contribution in [0.2, 0.25) is 10.0 Å². The summed E-state index contributed by atoms with van der Waals surface area (Å²) in [5.74, 6) is -0.0897. The maximum absolute atomic E-state index is 12.3. The number of hydrogen-bond acceptors (Lipinski definition) is 3. The zero-order valence-corrected chi connectivity index (χ0v) is 15.6. The molecule has 0 saturated carbocycles. The third-order valence-electron chi connectivity index (χ3n) is 3.65. The van der Waals surface area contributed by atoms with Gasteiger partial charge in [-0.05, 0) is 48.4 Å². The number of halogens is 2. The summed E-state index contributed by atoms with van der Waals surface area (Å²) in [4.78, 5) is 14.0. The van der Waals surface area contributed by atoms with Crippen molar-refractivity contribution in [2.24, 2.45) is 0 Å². The number of carbonyl (C=O) groups excluding carboxylic acids is 1. The molecule has 2 aromatic carbocycles. The fraction of sp³-hybridized carbons (Fsp3) is 0.235. The van der Waals surface area contributed by atoms with Crippen LogP contribution in [0.1, 0.15) is 12.0 Å². The van der Waals surface area contributed by atoms with E-state index in [1.165, 1.54) is 17.0 Å². The molecule has 0 spiro atoms. The molecule has 0 saturated heterocycles. The number of anilines is 1. The molecular formula is C17H17Cl2NO3S. The van der Waals surface area contributed by atoms with Gasteiger partial charge in [-0.3, -0.25) is 4.79 Å². The predicted molar refractivity (Wildman–Crippen MR) is 97.7 cm³/mol. The molecule has 24 heavy (non-hydrogen) atoms. The summed E-state index contributed by atoms with van der Waals surface area (Å²) in [7, 11) is -1.59. The van der Waals surface area contributed by atoms with Crippen LogP contribution in [-0.2, 0) is 21.1 Å². The topological polar surface area (TPSA) is 54.5 Å². The molecule has 2 aromatic rings. The van der Waals surface area contributed by atoms with Crippen molar-refractivity contribution < 1.29 is 13.2 Å². The minimum Gasteiger partial charge on any atom is -0.315 e. The highest BCUT2D eigenvalue weighted by molar-refractivity contribution is 7.90. The first kappa shape index (κ1) is 18.8. The van der Waals surface area contributed by atoms with Crippen LogP contribution >= 0.6 is 23.2 Å². The van der Waals surface area contributed by atoms with E-state index in [1.54, 1.807) is 37.4 Å². The van der Waals surface area contributed by atoms with E-state index >= 15 is 0 Å². The lowest BCUT2D eigenvalue weighted by atomic mass is 10.1. The Balaban J connectivity index is 2.04. The molecule has 0 bridgehead atoms. The summed E-state index contributed by atoms with van der Waals surface area (Å²) < 4.78 is 22.9. The molecule has 0 unspecified atom stereocenters. The van der Waals surface area contributed by atoms with Gasteiger partial charge in [0.1, 0.15) is 0 Å². The fourth-order valence-corrected chi connectivity index (χ4v) is 3.33. The number of sulfone groups is 1. The first-order valence-electron chi connectivity index (χ1n) is 7.19. The smallest absolute Gasteiger partial charge is 0.227 e. The number of rotatable bonds is 5. The van der Waals surface area contributed by atoms with Gasteiger partial charge in [0.05, 0.1) is 4.90 Å². The average molecular weight is 386 g/mol. The van der Waals surface area contributed by atoms with Crippen LogP contribution < -0.4 is 4.90 Å². The first-order chi connectivity index (χ1) is 11.2. The van der Waals surface area contributed by atoms with Crippen molar-refractivity contribution in [2.45, 2.75) is 17.7 Å². The van der Waals surface area contributed by atoms with Gasteiger partial charge in [0.2, 0.25) is 5.91 Å². The first-order valence-corrected chi connectivity index (χ1v) is 9.84. The molecule has 0 aromatic heterocycles. The molecule has 2 rings (SSSR count). The highest BCUT2D eigenvalue weighted by Gasteiger charge is 2.13. The molecule has 128 valence electrons. The van der Waals surface area contributed by atoms with Crippen LogP contribution in [0.4, 0.5) is 5.69 Å².